The maximum Gasteiger partial charge on any atom is 0.247 e. The molecule has 212 valence electrons. The van der Waals surface area contributed by atoms with Gasteiger partial charge in [0.1, 0.15) is 5.75 Å². The molecule has 0 bridgehead atoms. The largest absolute Gasteiger partial charge is 0.494 e. The van der Waals surface area contributed by atoms with Crippen molar-refractivity contribution in [3.8, 4) is 22.8 Å². The summed E-state index contributed by atoms with van der Waals surface area (Å²) in [4.78, 5) is 23.4. The fraction of sp³-hybridized carbons (Fsp3) is 0.267. The van der Waals surface area contributed by atoms with Gasteiger partial charge in [0.05, 0.1) is 58.0 Å². The van der Waals surface area contributed by atoms with Gasteiger partial charge >= 0.3 is 0 Å². The summed E-state index contributed by atoms with van der Waals surface area (Å²) in [6.07, 6.45) is 4.05. The Morgan fingerprint density at radius 2 is 2.02 bits per heavy atom. The predicted molar refractivity (Wildman–Crippen MR) is 160 cm³/mol. The molecule has 1 amide bonds. The first-order valence-corrected chi connectivity index (χ1v) is 12.3. The maximum atomic E-state index is 12.6. The van der Waals surface area contributed by atoms with E-state index in [-0.39, 0.29) is 16.5 Å². The number of rotatable bonds is 10. The van der Waals surface area contributed by atoms with Crippen molar-refractivity contribution < 1.29 is 29.3 Å². The third-order valence-corrected chi connectivity index (χ3v) is 5.75. The lowest BCUT2D eigenvalue weighted by Crippen LogP contribution is -2.36. The summed E-state index contributed by atoms with van der Waals surface area (Å²) >= 11 is 0. The SMILES string of the molecule is [2H]C([2H])([2H])Oc1cc(N2C([2H])([2H])C([2H])([2H])OC([2H])([2H])C2([2H])[2H])c(NC(=O)C=C)cc1Nc1nccc(-n2cc(CN(C)C)c(-c3ccccc3)n2)n1. The molecule has 0 atom stereocenters. The summed E-state index contributed by atoms with van der Waals surface area (Å²) in [6, 6.07) is 13.0. The molecule has 1 fully saturated rings. The van der Waals surface area contributed by atoms with E-state index in [0.29, 0.717) is 18.1 Å². The average molecular weight is 566 g/mol. The molecular formula is C30H34N8O3. The van der Waals surface area contributed by atoms with E-state index in [4.69, 9.17) is 24.9 Å². The molecule has 0 saturated carbocycles. The Kier molecular flexibility index (Phi) is 5.28. The highest BCUT2D eigenvalue weighted by Gasteiger charge is 2.20. The van der Waals surface area contributed by atoms with Crippen molar-refractivity contribution in [3.63, 3.8) is 0 Å². The topological polar surface area (TPSA) is 110 Å². The van der Waals surface area contributed by atoms with Crippen LogP contribution in [0.15, 0.2) is 73.6 Å². The zero-order valence-electron chi connectivity index (χ0n) is 33.2. The minimum atomic E-state index is -3.46. The number of nitrogens with zero attached hydrogens (tertiary/aromatic N) is 6. The quantitative estimate of drug-likeness (QED) is 0.275. The number of ether oxygens (including phenoxy) is 2. The summed E-state index contributed by atoms with van der Waals surface area (Å²) < 4.78 is 101. The molecule has 0 aliphatic carbocycles. The molecule has 11 heteroatoms. The van der Waals surface area contributed by atoms with E-state index >= 15 is 0 Å². The van der Waals surface area contributed by atoms with Crippen LogP contribution in [0.2, 0.25) is 0 Å². The van der Waals surface area contributed by atoms with Gasteiger partial charge in [-0.25, -0.2) is 9.67 Å². The van der Waals surface area contributed by atoms with E-state index in [1.807, 2.05) is 49.3 Å². The van der Waals surface area contributed by atoms with Crippen LogP contribution < -0.4 is 20.3 Å². The summed E-state index contributed by atoms with van der Waals surface area (Å²) in [7, 11) is 0.699. The number of hydrogen-bond donors (Lipinski definition) is 2. The van der Waals surface area contributed by atoms with Crippen LogP contribution in [0.3, 0.4) is 0 Å². The monoisotopic (exact) mass is 565 g/mol. The summed E-state index contributed by atoms with van der Waals surface area (Å²) in [5.74, 6) is -1.26. The minimum Gasteiger partial charge on any atom is -0.494 e. The highest BCUT2D eigenvalue weighted by atomic mass is 16.5. The number of nitrogens with one attached hydrogen (secondary N) is 2. The number of carbonyl (C=O) groups excluding carboxylic acids is 1. The number of hydrogen-bond acceptors (Lipinski definition) is 9. The normalized spacial score (nSPS) is 22.4. The molecule has 0 radical (unpaired) electrons. The van der Waals surface area contributed by atoms with Gasteiger partial charge in [-0.2, -0.15) is 10.1 Å². The fourth-order valence-electron chi connectivity index (χ4n) is 4.01. The second kappa shape index (κ2) is 12.6. The lowest BCUT2D eigenvalue weighted by molar-refractivity contribution is -0.111. The van der Waals surface area contributed by atoms with E-state index in [0.717, 1.165) is 29.3 Å². The standard InChI is InChI=1S/C30H34N8O3/c1-5-28(39)32-23-17-24(26(40-4)18-25(23)37-13-15-41-16-14-37)33-30-31-12-11-27(34-30)38-20-22(19-36(2)3)29(35-38)21-9-7-6-8-10-21/h5-12,17-18,20H,1,13-16,19H2,2-4H3,(H,32,39)(H,31,33,34)/i4D3,13D2,14D2,15D2,16D2. The number of carbonyl (C=O) groups is 1. The number of anilines is 4. The molecule has 3 heterocycles. The Labute approximate surface area is 254 Å². The number of benzene rings is 2. The van der Waals surface area contributed by atoms with Crippen LogP contribution >= 0.6 is 0 Å². The van der Waals surface area contributed by atoms with Gasteiger partial charge in [-0.3, -0.25) is 4.79 Å². The van der Waals surface area contributed by atoms with Crippen LogP contribution in [0.1, 0.15) is 20.6 Å². The predicted octanol–water partition coefficient (Wildman–Crippen LogP) is 4.10. The highest BCUT2D eigenvalue weighted by Crippen LogP contribution is 2.38. The van der Waals surface area contributed by atoms with Crippen molar-refractivity contribution in [1.82, 2.24) is 24.6 Å². The second-order valence-corrected chi connectivity index (χ2v) is 8.94. The summed E-state index contributed by atoms with van der Waals surface area (Å²) in [5.41, 5.74) is 1.16. The van der Waals surface area contributed by atoms with Crippen molar-refractivity contribution in [2.24, 2.45) is 0 Å². The number of morpholine rings is 1. The van der Waals surface area contributed by atoms with E-state index in [2.05, 4.69) is 31.9 Å². The van der Waals surface area contributed by atoms with Crippen LogP contribution in [0.25, 0.3) is 17.1 Å². The second-order valence-electron chi connectivity index (χ2n) is 8.94. The smallest absolute Gasteiger partial charge is 0.247 e. The zero-order valence-corrected chi connectivity index (χ0v) is 22.2. The van der Waals surface area contributed by atoms with E-state index < -0.39 is 56.2 Å². The van der Waals surface area contributed by atoms with Gasteiger partial charge in [-0.1, -0.05) is 36.9 Å². The first-order chi connectivity index (χ1) is 24.1. The molecule has 41 heavy (non-hydrogen) atoms. The molecule has 0 spiro atoms. The van der Waals surface area contributed by atoms with Crippen LogP contribution in [-0.4, -0.2) is 77.8 Å². The van der Waals surface area contributed by atoms with Crippen molar-refractivity contribution >= 4 is 28.9 Å². The Hall–Kier alpha value is -4.74. The Morgan fingerprint density at radius 1 is 1.22 bits per heavy atom. The summed E-state index contributed by atoms with van der Waals surface area (Å²) in [6.45, 7) is -9.88. The molecule has 2 N–H and O–H groups in total. The third-order valence-electron chi connectivity index (χ3n) is 5.75. The lowest BCUT2D eigenvalue weighted by Gasteiger charge is -2.31. The van der Waals surface area contributed by atoms with Gasteiger partial charge in [0.2, 0.25) is 11.9 Å². The van der Waals surface area contributed by atoms with Gasteiger partial charge < -0.3 is 29.9 Å². The van der Waals surface area contributed by atoms with Gasteiger partial charge in [-0.15, -0.1) is 0 Å². The van der Waals surface area contributed by atoms with Crippen LogP contribution in [-0.2, 0) is 16.1 Å². The molecule has 11 nitrogen and oxygen atoms in total. The van der Waals surface area contributed by atoms with Crippen molar-refractivity contribution in [2.45, 2.75) is 6.54 Å². The van der Waals surface area contributed by atoms with E-state index in [9.17, 15) is 4.79 Å². The average Bonchev–Trinajstić information content (AvgIpc) is 3.44. The van der Waals surface area contributed by atoms with Gasteiger partial charge in [-0.05, 0) is 26.2 Å². The highest BCUT2D eigenvalue weighted by molar-refractivity contribution is 6.02. The zero-order chi connectivity index (χ0) is 38.4. The molecule has 2 aromatic carbocycles. The Balaban J connectivity index is 1.65. The van der Waals surface area contributed by atoms with Crippen LogP contribution in [0.5, 0.6) is 5.75 Å². The number of amides is 1. The fourth-order valence-corrected chi connectivity index (χ4v) is 4.01. The first kappa shape index (κ1) is 17.2. The molecule has 4 aromatic rings. The maximum absolute atomic E-state index is 12.6. The van der Waals surface area contributed by atoms with Crippen molar-refractivity contribution in [2.75, 3.05) is 62.8 Å². The molecule has 0 unspecified atom stereocenters. The molecule has 5 rings (SSSR count). The molecule has 1 saturated heterocycles. The van der Waals surface area contributed by atoms with Gasteiger partial charge in [0.25, 0.3) is 0 Å². The van der Waals surface area contributed by atoms with Gasteiger partial charge in [0, 0.05) is 55.2 Å². The van der Waals surface area contributed by atoms with Crippen LogP contribution in [0, 0.1) is 0 Å². The van der Waals surface area contributed by atoms with Crippen molar-refractivity contribution in [1.29, 1.82) is 0 Å². The van der Waals surface area contributed by atoms with Crippen LogP contribution in [0.4, 0.5) is 23.0 Å². The van der Waals surface area contributed by atoms with E-state index in [1.165, 1.54) is 10.9 Å². The molecule has 2 aromatic heterocycles. The first-order valence-electron chi connectivity index (χ1n) is 17.8. The molecule has 1 aliphatic heterocycles. The minimum absolute atomic E-state index is 0.0861. The number of aromatic nitrogens is 4. The Bertz CT molecular complexity index is 1950. The summed E-state index contributed by atoms with van der Waals surface area (Å²) in [5, 5.41) is 9.95. The Morgan fingerprint density at radius 3 is 2.76 bits per heavy atom. The van der Waals surface area contributed by atoms with Crippen molar-refractivity contribution in [3.05, 3.63) is 79.1 Å². The molecular weight excluding hydrogens is 520 g/mol. The third kappa shape index (κ3) is 6.53. The van der Waals surface area contributed by atoms with Gasteiger partial charge in [0.15, 0.2) is 5.82 Å². The van der Waals surface area contributed by atoms with E-state index in [1.54, 1.807) is 12.3 Å². The molecule has 1 aliphatic rings. The lowest BCUT2D eigenvalue weighted by atomic mass is 10.1. The number of methoxy groups -OCH3 is 1.